The molecule has 0 saturated carbocycles. The lowest BCUT2D eigenvalue weighted by Crippen LogP contribution is -2.34. The van der Waals surface area contributed by atoms with Gasteiger partial charge in [-0.15, -0.1) is 0 Å². The summed E-state index contributed by atoms with van der Waals surface area (Å²) in [6.07, 6.45) is 0. The number of benzene rings is 1. The van der Waals surface area contributed by atoms with E-state index in [0.29, 0.717) is 5.92 Å². The summed E-state index contributed by atoms with van der Waals surface area (Å²) in [7, 11) is 0. The second-order valence-electron chi connectivity index (χ2n) is 4.98. The second-order valence-corrected chi connectivity index (χ2v) is 4.98. The van der Waals surface area contributed by atoms with Gasteiger partial charge in [-0.1, -0.05) is 26.0 Å². The quantitative estimate of drug-likeness (QED) is 0.816. The highest BCUT2D eigenvalue weighted by atomic mass is 16.2. The third-order valence-corrected chi connectivity index (χ3v) is 2.59. The first-order valence-electron chi connectivity index (χ1n) is 6.08. The van der Waals surface area contributed by atoms with Crippen molar-refractivity contribution >= 4 is 11.7 Å². The molecule has 0 bridgehead atoms. The Bertz CT molecular complexity index is 406. The van der Waals surface area contributed by atoms with Crippen LogP contribution in [0.3, 0.4) is 0 Å². The second kappa shape index (κ2) is 5.71. The van der Waals surface area contributed by atoms with Gasteiger partial charge in [-0.2, -0.15) is 0 Å². The van der Waals surface area contributed by atoms with Crippen molar-refractivity contribution in [2.24, 2.45) is 0 Å². The minimum atomic E-state index is -0.152. The molecule has 3 heteroatoms. The average Bonchev–Trinajstić information content (AvgIpc) is 2.19. The molecule has 0 aromatic heterocycles. The number of carbonyl (C=O) groups is 1. The van der Waals surface area contributed by atoms with Crippen molar-refractivity contribution < 1.29 is 7.65 Å². The Balaban J connectivity index is 0. The number of nitrogens with one attached hydrogen (secondary N) is 2. The van der Waals surface area contributed by atoms with E-state index in [1.165, 1.54) is 5.56 Å². The summed E-state index contributed by atoms with van der Waals surface area (Å²) >= 11 is 0. The molecular weight excluding hydrogens is 212 g/mol. The fourth-order valence-corrected chi connectivity index (χ4v) is 1.61. The van der Waals surface area contributed by atoms with Crippen LogP contribution in [0.5, 0.6) is 0 Å². The highest BCUT2D eigenvalue weighted by Gasteiger charge is 2.07. The van der Waals surface area contributed by atoms with E-state index in [2.05, 4.69) is 36.6 Å². The largest absolute Gasteiger partial charge is 0.336 e. The van der Waals surface area contributed by atoms with Crippen LogP contribution in [0.25, 0.3) is 0 Å². The first kappa shape index (κ1) is 13.6. The molecular formula is C14H26N2O. The summed E-state index contributed by atoms with van der Waals surface area (Å²) in [6.45, 7) is 10.2. The summed E-state index contributed by atoms with van der Waals surface area (Å²) in [4.78, 5) is 11.6. The zero-order chi connectivity index (χ0) is 13.0. The smallest absolute Gasteiger partial charge is 0.319 e. The molecule has 0 aliphatic rings. The third kappa shape index (κ3) is 4.10. The zero-order valence-electron chi connectivity index (χ0n) is 11.3. The summed E-state index contributed by atoms with van der Waals surface area (Å²) in [6, 6.07) is 6.13. The number of urea groups is 1. The molecule has 0 radical (unpaired) electrons. The average molecular weight is 238 g/mol. The van der Waals surface area contributed by atoms with E-state index in [1.807, 2.05) is 26.8 Å². The number of hydrogen-bond donors (Lipinski definition) is 2. The zero-order valence-corrected chi connectivity index (χ0v) is 11.3. The molecule has 3 nitrogen and oxygen atoms in total. The van der Waals surface area contributed by atoms with Gasteiger partial charge in [0.2, 0.25) is 0 Å². The molecule has 1 rings (SSSR count). The Labute approximate surface area is 107 Å². The Morgan fingerprint density at radius 2 is 1.88 bits per heavy atom. The molecule has 2 N–H and O–H groups in total. The van der Waals surface area contributed by atoms with Gasteiger partial charge in [0, 0.05) is 14.6 Å². The lowest BCUT2D eigenvalue weighted by molar-refractivity contribution is 0.250. The van der Waals surface area contributed by atoms with Crippen molar-refractivity contribution in [1.82, 2.24) is 5.32 Å². The fourth-order valence-electron chi connectivity index (χ4n) is 1.61. The minimum Gasteiger partial charge on any atom is -0.336 e. The van der Waals surface area contributed by atoms with E-state index < -0.39 is 0 Å². The number of carbonyl (C=O) groups excluding carboxylic acids is 1. The molecule has 0 saturated heterocycles. The number of hydrogen-bond acceptors (Lipinski definition) is 1. The molecule has 1 aromatic rings. The number of aryl methyl sites for hydroxylation is 1. The summed E-state index contributed by atoms with van der Waals surface area (Å²) in [5.74, 6) is 0.507. The van der Waals surface area contributed by atoms with Crippen LogP contribution in [0.1, 0.15) is 47.6 Å². The van der Waals surface area contributed by atoms with Gasteiger partial charge in [-0.05, 0) is 43.9 Å². The normalized spacial score (nSPS) is 10.8. The van der Waals surface area contributed by atoms with Crippen molar-refractivity contribution in [3.63, 3.8) is 0 Å². The van der Waals surface area contributed by atoms with Gasteiger partial charge in [0.15, 0.2) is 0 Å². The van der Waals surface area contributed by atoms with Crippen LogP contribution in [0.2, 0.25) is 0 Å². The Kier molecular flexibility index (Phi) is 4.55. The Morgan fingerprint density at radius 3 is 2.35 bits per heavy atom. The van der Waals surface area contributed by atoms with Crippen molar-refractivity contribution in [2.75, 3.05) is 5.32 Å². The molecule has 2 amide bonds. The van der Waals surface area contributed by atoms with E-state index >= 15 is 0 Å². The van der Waals surface area contributed by atoms with Crippen LogP contribution < -0.4 is 10.6 Å². The van der Waals surface area contributed by atoms with Crippen molar-refractivity contribution in [3.05, 3.63) is 29.3 Å². The lowest BCUT2D eigenvalue weighted by Gasteiger charge is -2.14. The first-order valence-corrected chi connectivity index (χ1v) is 6.08. The monoisotopic (exact) mass is 238 g/mol. The van der Waals surface area contributed by atoms with Gasteiger partial charge in [0.1, 0.15) is 0 Å². The molecule has 17 heavy (non-hydrogen) atoms. The summed E-state index contributed by atoms with van der Waals surface area (Å²) in [5.41, 5.74) is 3.25. The highest BCUT2D eigenvalue weighted by molar-refractivity contribution is 5.90. The van der Waals surface area contributed by atoms with E-state index in [1.54, 1.807) is 0 Å². The maximum absolute atomic E-state index is 11.6. The number of anilines is 1. The SMILES string of the molecule is Cc1cc(C(C)C)ccc1NC(=O)NC(C)C.[HH].[HH]. The van der Waals surface area contributed by atoms with Crippen molar-refractivity contribution in [2.45, 2.75) is 46.6 Å². The first-order chi connectivity index (χ1) is 7.90. The molecule has 0 aliphatic heterocycles. The van der Waals surface area contributed by atoms with Crippen LogP contribution in [-0.2, 0) is 0 Å². The van der Waals surface area contributed by atoms with Crippen LogP contribution >= 0.6 is 0 Å². The molecule has 0 fully saturated rings. The van der Waals surface area contributed by atoms with E-state index in [9.17, 15) is 4.79 Å². The maximum Gasteiger partial charge on any atom is 0.319 e. The van der Waals surface area contributed by atoms with Crippen molar-refractivity contribution in [1.29, 1.82) is 0 Å². The van der Waals surface area contributed by atoms with E-state index in [-0.39, 0.29) is 14.9 Å². The van der Waals surface area contributed by atoms with E-state index in [0.717, 1.165) is 11.3 Å². The molecule has 0 unspecified atom stereocenters. The van der Waals surface area contributed by atoms with Gasteiger partial charge in [0.05, 0.1) is 0 Å². The molecule has 0 atom stereocenters. The lowest BCUT2D eigenvalue weighted by atomic mass is 10.0. The fraction of sp³-hybridized carbons (Fsp3) is 0.500. The molecule has 1 aromatic carbocycles. The third-order valence-electron chi connectivity index (χ3n) is 2.59. The van der Waals surface area contributed by atoms with Crippen LogP contribution in [0.15, 0.2) is 18.2 Å². The Morgan fingerprint density at radius 1 is 1.24 bits per heavy atom. The van der Waals surface area contributed by atoms with Gasteiger partial charge >= 0.3 is 6.03 Å². The number of rotatable bonds is 3. The van der Waals surface area contributed by atoms with Crippen molar-refractivity contribution in [3.8, 4) is 0 Å². The number of amides is 2. The van der Waals surface area contributed by atoms with Gasteiger partial charge in [0.25, 0.3) is 0 Å². The minimum absolute atomic E-state index is 0. The van der Waals surface area contributed by atoms with Crippen LogP contribution in [0, 0.1) is 6.92 Å². The summed E-state index contributed by atoms with van der Waals surface area (Å²) < 4.78 is 0. The molecule has 0 aliphatic carbocycles. The maximum atomic E-state index is 11.6. The molecule has 0 heterocycles. The molecule has 98 valence electrons. The van der Waals surface area contributed by atoms with Crippen LogP contribution in [-0.4, -0.2) is 12.1 Å². The topological polar surface area (TPSA) is 41.1 Å². The summed E-state index contributed by atoms with van der Waals surface area (Å²) in [5, 5.41) is 5.66. The van der Waals surface area contributed by atoms with Crippen LogP contribution in [0.4, 0.5) is 10.5 Å². The predicted octanol–water partition coefficient (Wildman–Crippen LogP) is 4.14. The predicted molar refractivity (Wildman–Crippen MR) is 76.8 cm³/mol. The highest BCUT2D eigenvalue weighted by Crippen LogP contribution is 2.21. The van der Waals surface area contributed by atoms with E-state index in [4.69, 9.17) is 0 Å². The van der Waals surface area contributed by atoms with Gasteiger partial charge in [-0.3, -0.25) is 0 Å². The van der Waals surface area contributed by atoms with Gasteiger partial charge in [-0.25, -0.2) is 4.79 Å². The molecule has 0 spiro atoms. The van der Waals surface area contributed by atoms with Gasteiger partial charge < -0.3 is 10.6 Å². The Hall–Kier alpha value is -1.51. The standard InChI is InChI=1S/C14H22N2O.2H2/c1-9(2)12-6-7-13(11(5)8-12)16-14(17)15-10(3)4;;/h6-10H,1-5H3,(H2,15,16,17);2*1H.